The molecule has 0 fully saturated rings. The summed E-state index contributed by atoms with van der Waals surface area (Å²) in [5, 5.41) is 1.06. The molecule has 0 radical (unpaired) electrons. The zero-order chi connectivity index (χ0) is 15.9. The van der Waals surface area contributed by atoms with Gasteiger partial charge in [0, 0.05) is 10.9 Å². The minimum absolute atomic E-state index is 0.526. The lowest BCUT2D eigenvalue weighted by molar-refractivity contribution is 0.502. The van der Waals surface area contributed by atoms with Gasteiger partial charge < -0.3 is 4.89 Å². The second-order valence-corrected chi connectivity index (χ2v) is 7.63. The molecule has 0 aromatic heterocycles. The minimum Gasteiger partial charge on any atom is -0.338 e. The van der Waals surface area contributed by atoms with E-state index in [1.807, 2.05) is 78.9 Å². The van der Waals surface area contributed by atoms with Gasteiger partial charge in [-0.2, -0.15) is 0 Å². The van der Waals surface area contributed by atoms with Crippen molar-refractivity contribution in [1.82, 2.24) is 0 Å². The first kappa shape index (κ1) is 14.2. The summed E-state index contributed by atoms with van der Waals surface area (Å²) < 4.78 is 13.2. The van der Waals surface area contributed by atoms with E-state index < -0.39 is 7.37 Å². The first-order valence-corrected chi connectivity index (χ1v) is 9.14. The summed E-state index contributed by atoms with van der Waals surface area (Å²) >= 11 is 0. The highest BCUT2D eigenvalue weighted by Crippen LogP contribution is 2.63. The van der Waals surface area contributed by atoms with E-state index in [4.69, 9.17) is 0 Å². The van der Waals surface area contributed by atoms with Crippen LogP contribution < -0.4 is 5.30 Å². The summed E-state index contributed by atoms with van der Waals surface area (Å²) in [6.07, 6.45) is 0. The summed E-state index contributed by atoms with van der Waals surface area (Å²) in [5.74, 6) is 0. The molecule has 1 unspecified atom stereocenters. The van der Waals surface area contributed by atoms with Crippen LogP contribution in [0.2, 0.25) is 0 Å². The van der Waals surface area contributed by atoms with Crippen LogP contribution in [-0.2, 0) is 4.57 Å². The molecular formula is C20H15O2P. The molecule has 0 saturated carbocycles. The Labute approximate surface area is 135 Å². The van der Waals surface area contributed by atoms with Crippen molar-refractivity contribution in [3.63, 3.8) is 0 Å². The highest BCUT2D eigenvalue weighted by Gasteiger charge is 2.40. The monoisotopic (exact) mass is 318 g/mol. The summed E-state index contributed by atoms with van der Waals surface area (Å²) in [5.41, 5.74) is 3.47. The minimum atomic E-state index is -3.61. The van der Waals surface area contributed by atoms with Gasteiger partial charge >= 0.3 is 0 Å². The molecule has 0 bridgehead atoms. The quantitative estimate of drug-likeness (QED) is 0.706. The first-order valence-electron chi connectivity index (χ1n) is 7.48. The van der Waals surface area contributed by atoms with E-state index in [0.29, 0.717) is 10.6 Å². The zero-order valence-electron chi connectivity index (χ0n) is 12.4. The lowest BCUT2D eigenvalue weighted by atomic mass is 9.96. The van der Waals surface area contributed by atoms with Crippen LogP contribution in [0.15, 0.2) is 84.9 Å². The predicted molar refractivity (Wildman–Crippen MR) is 94.7 cm³/mol. The molecule has 0 aliphatic carbocycles. The number of rotatable bonds is 2. The van der Waals surface area contributed by atoms with E-state index in [2.05, 4.69) is 0 Å². The van der Waals surface area contributed by atoms with Gasteiger partial charge in [0.2, 0.25) is 0 Å². The summed E-state index contributed by atoms with van der Waals surface area (Å²) in [7, 11) is -3.61. The van der Waals surface area contributed by atoms with Gasteiger partial charge in [0.05, 0.1) is 5.31 Å². The van der Waals surface area contributed by atoms with E-state index in [1.54, 1.807) is 6.07 Å². The molecule has 2 nitrogen and oxygen atoms in total. The van der Waals surface area contributed by atoms with Gasteiger partial charge in [0.15, 0.2) is 0 Å². The molecular weight excluding hydrogens is 303 g/mol. The topological polar surface area (TPSA) is 37.3 Å². The van der Waals surface area contributed by atoms with Crippen LogP contribution in [-0.4, -0.2) is 4.89 Å². The number of hydrogen-bond acceptors (Lipinski definition) is 1. The Kier molecular flexibility index (Phi) is 3.30. The number of benzene rings is 3. The largest absolute Gasteiger partial charge is 0.338 e. The molecule has 0 amide bonds. The second kappa shape index (κ2) is 5.34. The number of fused-ring (bicyclic) bond motifs is 1. The van der Waals surface area contributed by atoms with E-state index in [0.717, 1.165) is 22.3 Å². The Morgan fingerprint density at radius 3 is 1.83 bits per heavy atom. The molecule has 3 aromatic carbocycles. The maximum absolute atomic E-state index is 13.2. The average molecular weight is 318 g/mol. The third-order valence-electron chi connectivity index (χ3n) is 4.15. The Hall–Kier alpha value is -2.41. The van der Waals surface area contributed by atoms with Crippen molar-refractivity contribution in [3.8, 4) is 0 Å². The van der Waals surface area contributed by atoms with Crippen LogP contribution in [0.3, 0.4) is 0 Å². The molecule has 3 heteroatoms. The van der Waals surface area contributed by atoms with E-state index in [9.17, 15) is 9.46 Å². The molecule has 1 aliphatic rings. The molecule has 112 valence electrons. The van der Waals surface area contributed by atoms with E-state index in [1.165, 1.54) is 0 Å². The Morgan fingerprint density at radius 1 is 0.652 bits per heavy atom. The smallest absolute Gasteiger partial charge is 0.260 e. The normalized spacial score (nSPS) is 19.7. The van der Waals surface area contributed by atoms with Crippen molar-refractivity contribution in [1.29, 1.82) is 0 Å². The van der Waals surface area contributed by atoms with Gasteiger partial charge in [-0.25, -0.2) is 0 Å². The maximum Gasteiger partial charge on any atom is 0.260 e. The molecule has 0 spiro atoms. The van der Waals surface area contributed by atoms with E-state index in [-0.39, 0.29) is 0 Å². The lowest BCUT2D eigenvalue weighted by Crippen LogP contribution is -2.04. The summed E-state index contributed by atoms with van der Waals surface area (Å²) in [6.45, 7) is 0. The van der Waals surface area contributed by atoms with Crippen molar-refractivity contribution in [3.05, 3.63) is 102 Å². The van der Waals surface area contributed by atoms with Crippen LogP contribution in [0, 0.1) is 0 Å². The van der Waals surface area contributed by atoms with Gasteiger partial charge in [-0.15, -0.1) is 0 Å². The summed E-state index contributed by atoms with van der Waals surface area (Å²) in [4.78, 5) is 10.9. The van der Waals surface area contributed by atoms with Crippen LogP contribution >= 0.6 is 7.37 Å². The Balaban J connectivity index is 2.11. The molecule has 1 N–H and O–H groups in total. The Morgan fingerprint density at radius 2 is 1.17 bits per heavy atom. The fraction of sp³-hybridized carbons (Fsp3) is 0. The predicted octanol–water partition coefficient (Wildman–Crippen LogP) is 4.51. The molecule has 1 heterocycles. The van der Waals surface area contributed by atoms with Gasteiger partial charge in [-0.3, -0.25) is 4.57 Å². The van der Waals surface area contributed by atoms with Gasteiger partial charge in [-0.05, 0) is 22.8 Å². The highest BCUT2D eigenvalue weighted by atomic mass is 31.2. The fourth-order valence-electron chi connectivity index (χ4n) is 3.16. The molecule has 3 aromatic rings. The van der Waals surface area contributed by atoms with E-state index >= 15 is 0 Å². The van der Waals surface area contributed by atoms with Crippen molar-refractivity contribution in [2.45, 2.75) is 0 Å². The Bertz CT molecular complexity index is 944. The van der Waals surface area contributed by atoms with Gasteiger partial charge in [0.25, 0.3) is 7.37 Å². The van der Waals surface area contributed by atoms with Crippen molar-refractivity contribution >= 4 is 23.6 Å². The average Bonchev–Trinajstić information content (AvgIpc) is 2.84. The van der Waals surface area contributed by atoms with Crippen LogP contribution in [0.5, 0.6) is 0 Å². The van der Waals surface area contributed by atoms with Gasteiger partial charge in [-0.1, -0.05) is 78.9 Å². The lowest BCUT2D eigenvalue weighted by Gasteiger charge is -2.12. The molecule has 0 saturated heterocycles. The van der Waals surface area contributed by atoms with Crippen LogP contribution in [0.4, 0.5) is 0 Å². The second-order valence-electron chi connectivity index (χ2n) is 5.55. The standard InChI is InChI=1S/C20H15O2P/c21-23(22)18-14-8-7-13-17(18)19(15-9-3-1-4-10-15)20(23)16-11-5-2-6-12-16/h1-14H,(H,21,22). The van der Waals surface area contributed by atoms with Crippen LogP contribution in [0.25, 0.3) is 10.9 Å². The molecule has 1 aliphatic heterocycles. The van der Waals surface area contributed by atoms with Crippen LogP contribution in [0.1, 0.15) is 16.7 Å². The number of hydrogen-bond donors (Lipinski definition) is 1. The van der Waals surface area contributed by atoms with Crippen molar-refractivity contribution < 1.29 is 9.46 Å². The van der Waals surface area contributed by atoms with Gasteiger partial charge in [0.1, 0.15) is 0 Å². The van der Waals surface area contributed by atoms with Crippen molar-refractivity contribution in [2.24, 2.45) is 0 Å². The third kappa shape index (κ3) is 2.19. The molecule has 23 heavy (non-hydrogen) atoms. The SMILES string of the molecule is O=P1(O)C(c2ccccc2)=C(c2ccccc2)c2ccccc21. The summed E-state index contributed by atoms with van der Waals surface area (Å²) in [6, 6.07) is 26.7. The van der Waals surface area contributed by atoms with Crippen molar-refractivity contribution in [2.75, 3.05) is 0 Å². The molecule has 1 atom stereocenters. The highest BCUT2D eigenvalue weighted by molar-refractivity contribution is 7.77. The first-order chi connectivity index (χ1) is 11.2. The third-order valence-corrected chi connectivity index (χ3v) is 6.28. The molecule has 4 rings (SSSR count). The maximum atomic E-state index is 13.2. The fourth-order valence-corrected chi connectivity index (χ4v) is 5.25. The zero-order valence-corrected chi connectivity index (χ0v) is 13.3.